The number of carbonyl (C=O) groups excluding carboxylic acids is 1. The van der Waals surface area contributed by atoms with Crippen molar-refractivity contribution in [2.45, 2.75) is 32.7 Å². The zero-order valence-corrected chi connectivity index (χ0v) is 15.6. The number of carbonyl (C=O) groups is 1. The van der Waals surface area contributed by atoms with E-state index in [1.54, 1.807) is 0 Å². The summed E-state index contributed by atoms with van der Waals surface area (Å²) in [6.07, 6.45) is 2.26. The molecule has 1 aromatic heterocycles. The van der Waals surface area contributed by atoms with Crippen LogP contribution < -0.4 is 10.9 Å². The van der Waals surface area contributed by atoms with E-state index in [1.807, 2.05) is 24.3 Å². The molecule has 0 radical (unpaired) electrons. The van der Waals surface area contributed by atoms with Gasteiger partial charge in [-0.1, -0.05) is 26.0 Å². The van der Waals surface area contributed by atoms with Crippen molar-refractivity contribution >= 4 is 28.2 Å². The zero-order chi connectivity index (χ0) is 20.3. The molecule has 3 aromatic rings. The van der Waals surface area contributed by atoms with E-state index in [1.165, 1.54) is 34.7 Å². The normalized spacial score (nSPS) is 11.9. The molecular weight excluding hydrogens is 360 g/mol. The minimum absolute atomic E-state index is 0.143. The molecule has 3 rings (SSSR count). The van der Waals surface area contributed by atoms with E-state index in [0.717, 1.165) is 6.42 Å². The third-order valence-electron chi connectivity index (χ3n) is 4.71. The Hall–Kier alpha value is -3.55. The van der Waals surface area contributed by atoms with Crippen molar-refractivity contribution in [1.82, 2.24) is 9.55 Å². The number of hydrogen-bond donors (Lipinski definition) is 1. The summed E-state index contributed by atoms with van der Waals surface area (Å²) >= 11 is 0. The van der Waals surface area contributed by atoms with Crippen LogP contribution in [-0.4, -0.2) is 20.4 Å². The molecular formula is C20H20N4O4. The Bertz CT molecular complexity index is 1090. The molecule has 1 amide bonds. The van der Waals surface area contributed by atoms with Gasteiger partial charge in [-0.3, -0.25) is 24.3 Å². The number of aromatic nitrogens is 2. The molecule has 0 aliphatic heterocycles. The highest BCUT2D eigenvalue weighted by Gasteiger charge is 2.12. The van der Waals surface area contributed by atoms with Crippen LogP contribution >= 0.6 is 0 Å². The number of rotatable bonds is 6. The van der Waals surface area contributed by atoms with Gasteiger partial charge in [0.2, 0.25) is 5.91 Å². The number of nitro groups is 1. The van der Waals surface area contributed by atoms with Crippen molar-refractivity contribution < 1.29 is 9.72 Å². The highest BCUT2D eigenvalue weighted by atomic mass is 16.6. The van der Waals surface area contributed by atoms with E-state index >= 15 is 0 Å². The lowest BCUT2D eigenvalue weighted by atomic mass is 9.99. The first-order valence-electron chi connectivity index (χ1n) is 8.92. The summed E-state index contributed by atoms with van der Waals surface area (Å²) in [5.41, 5.74) is 1.49. The first-order valence-corrected chi connectivity index (χ1v) is 8.92. The van der Waals surface area contributed by atoms with Crippen LogP contribution in [-0.2, 0) is 11.3 Å². The van der Waals surface area contributed by atoms with Crippen LogP contribution in [0.3, 0.4) is 0 Å². The third-order valence-corrected chi connectivity index (χ3v) is 4.71. The minimum atomic E-state index is -0.549. The predicted octanol–water partition coefficient (Wildman–Crippen LogP) is 3.46. The zero-order valence-electron chi connectivity index (χ0n) is 15.6. The lowest BCUT2D eigenvalue weighted by Crippen LogP contribution is -2.27. The fourth-order valence-corrected chi connectivity index (χ4v) is 2.86. The van der Waals surface area contributed by atoms with E-state index in [2.05, 4.69) is 24.1 Å². The smallest absolute Gasteiger partial charge is 0.271 e. The van der Waals surface area contributed by atoms with Crippen molar-refractivity contribution in [3.8, 4) is 0 Å². The fourth-order valence-electron chi connectivity index (χ4n) is 2.86. The van der Waals surface area contributed by atoms with Gasteiger partial charge < -0.3 is 5.32 Å². The second-order valence-electron chi connectivity index (χ2n) is 6.62. The molecule has 0 aliphatic rings. The highest BCUT2D eigenvalue weighted by Crippen LogP contribution is 2.20. The second-order valence-corrected chi connectivity index (χ2v) is 6.62. The Kier molecular flexibility index (Phi) is 5.49. The SMILES string of the molecule is CCC(C)c1ccc(NC(=O)Cn2cnc3cc([N+](=O)[O-])ccc3c2=O)cc1. The van der Waals surface area contributed by atoms with Crippen LogP contribution in [0, 0.1) is 10.1 Å². The van der Waals surface area contributed by atoms with Gasteiger partial charge in [0.25, 0.3) is 11.2 Å². The van der Waals surface area contributed by atoms with Crippen LogP contribution in [0.1, 0.15) is 31.7 Å². The summed E-state index contributed by atoms with van der Waals surface area (Å²) in [7, 11) is 0. The van der Waals surface area contributed by atoms with Gasteiger partial charge in [0.15, 0.2) is 0 Å². The maximum Gasteiger partial charge on any atom is 0.271 e. The van der Waals surface area contributed by atoms with E-state index in [4.69, 9.17) is 0 Å². The summed E-state index contributed by atoms with van der Waals surface area (Å²) in [5.74, 6) is 0.0873. The van der Waals surface area contributed by atoms with Gasteiger partial charge in [-0.25, -0.2) is 4.98 Å². The first kappa shape index (κ1) is 19.2. The number of nitrogens with zero attached hydrogens (tertiary/aromatic N) is 3. The summed E-state index contributed by atoms with van der Waals surface area (Å²) in [4.78, 5) is 39.2. The van der Waals surface area contributed by atoms with Gasteiger partial charge in [-0.2, -0.15) is 0 Å². The molecule has 0 spiro atoms. The van der Waals surface area contributed by atoms with Crippen LogP contribution in [0.2, 0.25) is 0 Å². The number of benzene rings is 2. The van der Waals surface area contributed by atoms with Crippen molar-refractivity contribution in [3.63, 3.8) is 0 Å². The van der Waals surface area contributed by atoms with Crippen LogP contribution in [0.5, 0.6) is 0 Å². The molecule has 0 saturated carbocycles. The number of anilines is 1. The summed E-state index contributed by atoms with van der Waals surface area (Å²) in [6.45, 7) is 4.06. The molecule has 0 bridgehead atoms. The number of non-ortho nitro benzene ring substituents is 1. The topological polar surface area (TPSA) is 107 Å². The van der Waals surface area contributed by atoms with Crippen LogP contribution in [0.4, 0.5) is 11.4 Å². The molecule has 144 valence electrons. The van der Waals surface area contributed by atoms with Crippen LogP contribution in [0.15, 0.2) is 53.6 Å². The average molecular weight is 380 g/mol. The molecule has 0 fully saturated rings. The fraction of sp³-hybridized carbons (Fsp3) is 0.250. The Morgan fingerprint density at radius 1 is 1.25 bits per heavy atom. The van der Waals surface area contributed by atoms with Gasteiger partial charge in [0.05, 0.1) is 22.2 Å². The summed E-state index contributed by atoms with van der Waals surface area (Å²) < 4.78 is 1.18. The van der Waals surface area contributed by atoms with Gasteiger partial charge in [-0.05, 0) is 36.1 Å². The second kappa shape index (κ2) is 7.99. The summed E-state index contributed by atoms with van der Waals surface area (Å²) in [5, 5.41) is 13.8. The number of amides is 1. The number of hydrogen-bond acceptors (Lipinski definition) is 5. The molecule has 1 heterocycles. The van der Waals surface area contributed by atoms with E-state index < -0.39 is 10.5 Å². The van der Waals surface area contributed by atoms with Gasteiger partial charge in [0, 0.05) is 17.8 Å². The van der Waals surface area contributed by atoms with Crippen molar-refractivity contribution in [2.24, 2.45) is 0 Å². The van der Waals surface area contributed by atoms with Gasteiger partial charge in [0.1, 0.15) is 6.54 Å². The molecule has 0 saturated heterocycles. The highest BCUT2D eigenvalue weighted by molar-refractivity contribution is 5.90. The Labute approximate surface area is 161 Å². The maximum atomic E-state index is 12.5. The Morgan fingerprint density at radius 2 is 1.96 bits per heavy atom. The van der Waals surface area contributed by atoms with Crippen molar-refractivity contribution in [1.29, 1.82) is 0 Å². The minimum Gasteiger partial charge on any atom is -0.325 e. The number of nitro benzene ring substituents is 1. The Morgan fingerprint density at radius 3 is 2.61 bits per heavy atom. The maximum absolute atomic E-state index is 12.5. The van der Waals surface area contributed by atoms with E-state index in [0.29, 0.717) is 11.6 Å². The molecule has 8 nitrogen and oxygen atoms in total. The monoisotopic (exact) mass is 380 g/mol. The molecule has 8 heteroatoms. The van der Waals surface area contributed by atoms with Crippen molar-refractivity contribution in [3.05, 3.63) is 74.8 Å². The first-order chi connectivity index (χ1) is 13.4. The van der Waals surface area contributed by atoms with E-state index in [9.17, 15) is 19.7 Å². The number of nitrogens with one attached hydrogen (secondary N) is 1. The average Bonchev–Trinajstić information content (AvgIpc) is 2.69. The molecule has 28 heavy (non-hydrogen) atoms. The quantitative estimate of drug-likeness (QED) is 0.520. The van der Waals surface area contributed by atoms with E-state index in [-0.39, 0.29) is 29.0 Å². The molecule has 2 aromatic carbocycles. The summed E-state index contributed by atoms with van der Waals surface area (Å²) in [6, 6.07) is 11.4. The molecule has 1 N–H and O–H groups in total. The third kappa shape index (κ3) is 4.06. The lowest BCUT2D eigenvalue weighted by Gasteiger charge is -2.11. The Balaban J connectivity index is 1.76. The number of fused-ring (bicyclic) bond motifs is 1. The van der Waals surface area contributed by atoms with Gasteiger partial charge >= 0.3 is 0 Å². The molecule has 1 atom stereocenters. The largest absolute Gasteiger partial charge is 0.325 e. The lowest BCUT2D eigenvalue weighted by molar-refractivity contribution is -0.384. The van der Waals surface area contributed by atoms with Crippen molar-refractivity contribution in [2.75, 3.05) is 5.32 Å². The molecule has 1 unspecified atom stereocenters. The predicted molar refractivity (Wildman–Crippen MR) is 106 cm³/mol. The molecule has 0 aliphatic carbocycles. The standard InChI is InChI=1S/C20H20N4O4/c1-3-13(2)14-4-6-15(7-5-14)22-19(25)11-23-12-21-18-10-16(24(27)28)8-9-17(18)20(23)26/h4-10,12-13H,3,11H2,1-2H3,(H,22,25). The van der Waals surface area contributed by atoms with Crippen LogP contribution in [0.25, 0.3) is 10.9 Å². The van der Waals surface area contributed by atoms with Gasteiger partial charge in [-0.15, -0.1) is 0 Å².